The van der Waals surface area contributed by atoms with E-state index in [4.69, 9.17) is 26.3 Å². The number of ether oxygens (including phenoxy) is 1. The maximum atomic E-state index is 12.7. The molecule has 1 amide bonds. The Balaban J connectivity index is 1.34. The fourth-order valence-electron chi connectivity index (χ4n) is 4.51. The average Bonchev–Trinajstić information content (AvgIpc) is 2.89. The van der Waals surface area contributed by atoms with Gasteiger partial charge in [0.05, 0.1) is 46.2 Å². The van der Waals surface area contributed by atoms with E-state index >= 15 is 0 Å². The number of thioether (sulfide) groups is 1. The molecular formula is C28H28ClN5O2S. The monoisotopic (exact) mass is 533 g/mol. The average molecular weight is 534 g/mol. The molecule has 1 saturated heterocycles. The number of morpholine rings is 1. The third-order valence-electron chi connectivity index (χ3n) is 6.15. The molecule has 190 valence electrons. The highest BCUT2D eigenvalue weighted by Crippen LogP contribution is 2.28. The van der Waals surface area contributed by atoms with Gasteiger partial charge in [-0.15, -0.1) is 11.8 Å². The highest BCUT2D eigenvalue weighted by Gasteiger charge is 2.23. The number of hydrogen-bond donors (Lipinski definition) is 1. The number of carbonyl (C=O) groups excluding carboxylic acids is 1. The summed E-state index contributed by atoms with van der Waals surface area (Å²) in [6, 6.07) is 17.3. The number of hydrogen-bond acceptors (Lipinski definition) is 7. The van der Waals surface area contributed by atoms with E-state index in [2.05, 4.69) is 29.0 Å². The summed E-state index contributed by atoms with van der Waals surface area (Å²) >= 11 is 7.71. The van der Waals surface area contributed by atoms with Crippen LogP contribution < -0.4 is 10.2 Å². The van der Waals surface area contributed by atoms with Crippen LogP contribution in [0.2, 0.25) is 5.02 Å². The van der Waals surface area contributed by atoms with Crippen LogP contribution in [-0.4, -0.2) is 52.4 Å². The van der Waals surface area contributed by atoms with E-state index in [0.29, 0.717) is 16.4 Å². The molecule has 0 aliphatic carbocycles. The van der Waals surface area contributed by atoms with Gasteiger partial charge in [0.25, 0.3) is 0 Å². The van der Waals surface area contributed by atoms with Crippen molar-refractivity contribution >= 4 is 51.7 Å². The smallest absolute Gasteiger partial charge is 0.230 e. The number of halogens is 1. The first-order valence-corrected chi connectivity index (χ1v) is 13.7. The van der Waals surface area contributed by atoms with Crippen LogP contribution in [0.1, 0.15) is 19.5 Å². The molecule has 9 heteroatoms. The van der Waals surface area contributed by atoms with Crippen LogP contribution in [0.15, 0.2) is 65.7 Å². The minimum Gasteiger partial charge on any atom is -0.372 e. The standard InChI is InChI=1S/C28H28ClN5O2S/c1-17-15-34(16-18(2)36-17)27-6-4-5-23(33-27)24-10-7-19-14-30-21(11-25(19)32-24)13-28(35)31-20-8-9-22(29)26(12-20)37-3/h4-12,14,17-18H,13,15-16H2,1-3H3,(H,31,35). The van der Waals surface area contributed by atoms with Gasteiger partial charge in [0, 0.05) is 35.3 Å². The molecule has 0 saturated carbocycles. The largest absolute Gasteiger partial charge is 0.372 e. The van der Waals surface area contributed by atoms with E-state index in [1.54, 1.807) is 18.3 Å². The number of rotatable bonds is 6. The van der Waals surface area contributed by atoms with Crippen LogP contribution >= 0.6 is 23.4 Å². The maximum Gasteiger partial charge on any atom is 0.230 e. The molecule has 3 aromatic heterocycles. The molecule has 0 bridgehead atoms. The molecule has 1 aromatic carbocycles. The second-order valence-electron chi connectivity index (χ2n) is 9.18. The molecule has 1 fully saturated rings. The Morgan fingerprint density at radius 3 is 2.65 bits per heavy atom. The molecule has 2 unspecified atom stereocenters. The Bertz CT molecular complexity index is 1440. The number of nitrogens with one attached hydrogen (secondary N) is 1. The third-order valence-corrected chi connectivity index (χ3v) is 7.37. The summed E-state index contributed by atoms with van der Waals surface area (Å²) in [4.78, 5) is 30.1. The fourth-order valence-corrected chi connectivity index (χ4v) is 5.37. The lowest BCUT2D eigenvalue weighted by Gasteiger charge is -2.36. The van der Waals surface area contributed by atoms with Crippen molar-refractivity contribution in [3.63, 3.8) is 0 Å². The van der Waals surface area contributed by atoms with Crippen LogP contribution in [0.25, 0.3) is 22.3 Å². The molecular weight excluding hydrogens is 506 g/mol. The zero-order valence-corrected chi connectivity index (χ0v) is 22.5. The Hall–Kier alpha value is -3.20. The lowest BCUT2D eigenvalue weighted by Crippen LogP contribution is -2.45. The molecule has 0 radical (unpaired) electrons. The lowest BCUT2D eigenvalue weighted by molar-refractivity contribution is -0.115. The van der Waals surface area contributed by atoms with Gasteiger partial charge in [-0.25, -0.2) is 9.97 Å². The number of pyridine rings is 3. The molecule has 4 aromatic rings. The molecule has 1 aliphatic rings. The zero-order chi connectivity index (χ0) is 25.9. The molecule has 5 rings (SSSR count). The van der Waals surface area contributed by atoms with E-state index in [-0.39, 0.29) is 24.5 Å². The van der Waals surface area contributed by atoms with Gasteiger partial charge in [-0.1, -0.05) is 17.7 Å². The van der Waals surface area contributed by atoms with Crippen LogP contribution in [0.5, 0.6) is 0 Å². The summed E-state index contributed by atoms with van der Waals surface area (Å²) in [6.45, 7) is 5.77. The van der Waals surface area contributed by atoms with Crippen molar-refractivity contribution in [2.45, 2.75) is 37.4 Å². The minimum atomic E-state index is -0.152. The molecule has 7 nitrogen and oxygen atoms in total. The summed E-state index contributed by atoms with van der Waals surface area (Å²) in [6.07, 6.45) is 4.15. The summed E-state index contributed by atoms with van der Waals surface area (Å²) in [5.74, 6) is 0.765. The van der Waals surface area contributed by atoms with Crippen LogP contribution in [0.3, 0.4) is 0 Å². The quantitative estimate of drug-likeness (QED) is 0.311. The zero-order valence-electron chi connectivity index (χ0n) is 20.9. The van der Waals surface area contributed by atoms with E-state index in [1.807, 2.05) is 48.7 Å². The van der Waals surface area contributed by atoms with Gasteiger partial charge in [0.1, 0.15) is 5.82 Å². The normalized spacial score (nSPS) is 17.7. The van der Waals surface area contributed by atoms with Crippen molar-refractivity contribution in [1.29, 1.82) is 0 Å². The first kappa shape index (κ1) is 25.4. The van der Waals surface area contributed by atoms with Crippen LogP contribution in [0.4, 0.5) is 11.5 Å². The first-order valence-electron chi connectivity index (χ1n) is 12.1. The van der Waals surface area contributed by atoms with Crippen molar-refractivity contribution in [3.05, 3.63) is 71.5 Å². The van der Waals surface area contributed by atoms with Crippen molar-refractivity contribution < 1.29 is 9.53 Å². The van der Waals surface area contributed by atoms with Crippen molar-refractivity contribution in [1.82, 2.24) is 15.0 Å². The molecule has 4 heterocycles. The maximum absolute atomic E-state index is 12.7. The van der Waals surface area contributed by atoms with Gasteiger partial charge in [0.15, 0.2) is 0 Å². The number of anilines is 2. The van der Waals surface area contributed by atoms with Crippen molar-refractivity contribution in [3.8, 4) is 11.4 Å². The second-order valence-corrected chi connectivity index (χ2v) is 10.4. The Morgan fingerprint density at radius 2 is 1.86 bits per heavy atom. The number of amides is 1. The SMILES string of the molecule is CSc1cc(NC(=O)Cc2cc3nc(-c4cccc(N5CC(C)OC(C)C5)n4)ccc3cn2)ccc1Cl. The van der Waals surface area contributed by atoms with Gasteiger partial charge in [-0.2, -0.15) is 0 Å². The Labute approximate surface area is 225 Å². The van der Waals surface area contributed by atoms with E-state index in [1.165, 1.54) is 11.8 Å². The summed E-state index contributed by atoms with van der Waals surface area (Å²) in [7, 11) is 0. The summed E-state index contributed by atoms with van der Waals surface area (Å²) in [5, 5.41) is 4.50. The number of aromatic nitrogens is 3. The number of benzene rings is 1. The van der Waals surface area contributed by atoms with Gasteiger partial charge in [0.2, 0.25) is 5.91 Å². The number of nitrogens with zero attached hydrogens (tertiary/aromatic N) is 4. The molecule has 1 aliphatic heterocycles. The highest BCUT2D eigenvalue weighted by atomic mass is 35.5. The van der Waals surface area contributed by atoms with Gasteiger partial charge >= 0.3 is 0 Å². The number of carbonyl (C=O) groups is 1. The van der Waals surface area contributed by atoms with E-state index < -0.39 is 0 Å². The lowest BCUT2D eigenvalue weighted by atomic mass is 10.1. The fraction of sp³-hybridized carbons (Fsp3) is 0.286. The first-order chi connectivity index (χ1) is 17.9. The van der Waals surface area contributed by atoms with E-state index in [0.717, 1.165) is 46.1 Å². The molecule has 2 atom stereocenters. The minimum absolute atomic E-state index is 0.139. The van der Waals surface area contributed by atoms with Gasteiger partial charge < -0.3 is 15.0 Å². The van der Waals surface area contributed by atoms with Crippen LogP contribution in [0, 0.1) is 0 Å². The predicted octanol–water partition coefficient (Wildman–Crippen LogP) is 5.86. The summed E-state index contributed by atoms with van der Waals surface area (Å²) in [5.41, 5.74) is 3.69. The topological polar surface area (TPSA) is 80.2 Å². The summed E-state index contributed by atoms with van der Waals surface area (Å²) < 4.78 is 5.87. The van der Waals surface area contributed by atoms with Crippen molar-refractivity contribution in [2.75, 3.05) is 29.6 Å². The Morgan fingerprint density at radius 1 is 1.08 bits per heavy atom. The van der Waals surface area contributed by atoms with Crippen molar-refractivity contribution in [2.24, 2.45) is 0 Å². The molecule has 1 N–H and O–H groups in total. The van der Waals surface area contributed by atoms with Gasteiger partial charge in [-0.05, 0) is 68.6 Å². The number of fused-ring (bicyclic) bond motifs is 1. The van der Waals surface area contributed by atoms with Gasteiger partial charge in [-0.3, -0.25) is 9.78 Å². The third kappa shape index (κ3) is 6.04. The molecule has 37 heavy (non-hydrogen) atoms. The van der Waals surface area contributed by atoms with Crippen LogP contribution in [-0.2, 0) is 16.0 Å². The Kier molecular flexibility index (Phi) is 7.60. The predicted molar refractivity (Wildman–Crippen MR) is 151 cm³/mol. The highest BCUT2D eigenvalue weighted by molar-refractivity contribution is 7.98. The molecule has 0 spiro atoms. The second kappa shape index (κ2) is 11.0. The van der Waals surface area contributed by atoms with E-state index in [9.17, 15) is 4.79 Å².